The van der Waals surface area contributed by atoms with E-state index in [0.29, 0.717) is 5.56 Å². The van der Waals surface area contributed by atoms with Gasteiger partial charge in [0.2, 0.25) is 4.77 Å². The summed E-state index contributed by atoms with van der Waals surface area (Å²) < 4.78 is 28.9. The van der Waals surface area contributed by atoms with Gasteiger partial charge in [-0.3, -0.25) is 0 Å². The van der Waals surface area contributed by atoms with Gasteiger partial charge >= 0.3 is 0 Å². The summed E-state index contributed by atoms with van der Waals surface area (Å²) in [4.78, 5) is 0. The van der Waals surface area contributed by atoms with Gasteiger partial charge in [0.1, 0.15) is 11.6 Å². The van der Waals surface area contributed by atoms with E-state index in [1.165, 1.54) is 23.0 Å². The van der Waals surface area contributed by atoms with Crippen LogP contribution in [0.4, 0.5) is 8.78 Å². The van der Waals surface area contributed by atoms with Gasteiger partial charge in [-0.1, -0.05) is 30.3 Å². The zero-order valence-corrected chi connectivity index (χ0v) is 12.0. The van der Waals surface area contributed by atoms with E-state index < -0.39 is 11.6 Å². The largest absolute Gasteiger partial charge is 0.250 e. The van der Waals surface area contributed by atoms with Crippen LogP contribution in [0.15, 0.2) is 53.6 Å². The number of aromatic nitrogens is 3. The molecule has 3 rings (SSSR count). The number of rotatable bonds is 3. The van der Waals surface area contributed by atoms with Crippen LogP contribution in [0.2, 0.25) is 0 Å². The number of hydrogen-bond acceptors (Lipinski definition) is 3. The van der Waals surface area contributed by atoms with Crippen LogP contribution < -0.4 is 0 Å². The molecule has 0 saturated carbocycles. The van der Waals surface area contributed by atoms with E-state index in [9.17, 15) is 8.78 Å². The first-order valence-electron chi connectivity index (χ1n) is 6.38. The molecule has 0 fully saturated rings. The Labute approximate surface area is 129 Å². The lowest BCUT2D eigenvalue weighted by atomic mass is 10.2. The van der Waals surface area contributed by atoms with Gasteiger partial charge in [0.15, 0.2) is 5.82 Å². The molecule has 0 radical (unpaired) electrons. The fraction of sp³-hybridized carbons (Fsp3) is 0. The quantitative estimate of drug-likeness (QED) is 0.590. The van der Waals surface area contributed by atoms with E-state index in [2.05, 4.69) is 15.3 Å². The Hall–Kier alpha value is -2.67. The van der Waals surface area contributed by atoms with Gasteiger partial charge in [-0.15, -0.1) is 0 Å². The molecule has 1 heterocycles. The summed E-state index contributed by atoms with van der Waals surface area (Å²) in [6.45, 7) is 0. The average Bonchev–Trinajstić information content (AvgIpc) is 2.88. The van der Waals surface area contributed by atoms with Crippen molar-refractivity contribution in [2.75, 3.05) is 0 Å². The van der Waals surface area contributed by atoms with Crippen molar-refractivity contribution in [2.24, 2.45) is 5.10 Å². The second kappa shape index (κ2) is 5.98. The van der Waals surface area contributed by atoms with Crippen LogP contribution in [0.3, 0.4) is 0 Å². The van der Waals surface area contributed by atoms with E-state index >= 15 is 0 Å². The van der Waals surface area contributed by atoms with E-state index in [-0.39, 0.29) is 16.2 Å². The normalized spacial score (nSPS) is 11.2. The number of benzene rings is 2. The average molecular weight is 316 g/mol. The minimum Gasteiger partial charge on any atom is -0.250 e. The molecule has 0 atom stereocenters. The van der Waals surface area contributed by atoms with Crippen LogP contribution in [0.1, 0.15) is 5.56 Å². The van der Waals surface area contributed by atoms with Crippen LogP contribution in [0, 0.1) is 16.4 Å². The topological polar surface area (TPSA) is 46.0 Å². The van der Waals surface area contributed by atoms with Crippen molar-refractivity contribution in [1.82, 2.24) is 14.9 Å². The summed E-state index contributed by atoms with van der Waals surface area (Å²) in [5, 5.41) is 10.6. The minimum absolute atomic E-state index is 0.186. The summed E-state index contributed by atoms with van der Waals surface area (Å²) in [6, 6.07) is 12.3. The molecule has 3 aromatic rings. The molecule has 22 heavy (non-hydrogen) atoms. The van der Waals surface area contributed by atoms with Gasteiger partial charge in [0.05, 0.1) is 11.8 Å². The molecule has 0 unspecified atom stereocenters. The Morgan fingerprint density at radius 3 is 2.45 bits per heavy atom. The van der Waals surface area contributed by atoms with Crippen molar-refractivity contribution in [3.8, 4) is 11.4 Å². The molecule has 0 aliphatic heterocycles. The van der Waals surface area contributed by atoms with Crippen molar-refractivity contribution < 1.29 is 8.78 Å². The highest BCUT2D eigenvalue weighted by Gasteiger charge is 2.12. The highest BCUT2D eigenvalue weighted by molar-refractivity contribution is 7.71. The number of nitrogens with zero attached hydrogens (tertiary/aromatic N) is 3. The number of aromatic amines is 1. The fourth-order valence-electron chi connectivity index (χ4n) is 1.92. The molecular formula is C15H10F2N4S. The van der Waals surface area contributed by atoms with E-state index in [1.807, 2.05) is 0 Å². The second-order valence-corrected chi connectivity index (χ2v) is 4.80. The highest BCUT2D eigenvalue weighted by atomic mass is 32.1. The Bertz CT molecular complexity index is 898. The van der Waals surface area contributed by atoms with Gasteiger partial charge < -0.3 is 0 Å². The van der Waals surface area contributed by atoms with E-state index in [0.717, 1.165) is 0 Å². The first-order valence-corrected chi connectivity index (χ1v) is 6.79. The predicted octanol–water partition coefficient (Wildman–Crippen LogP) is 3.77. The summed E-state index contributed by atoms with van der Waals surface area (Å²) in [7, 11) is 0. The van der Waals surface area contributed by atoms with Gasteiger partial charge in [0, 0.05) is 5.56 Å². The zero-order valence-electron chi connectivity index (χ0n) is 11.2. The standard InChI is InChI=1S/C15H10F2N4S/c16-12-7-3-1-5-10(12)9-18-21-14(19-20-15(21)22)11-6-2-4-8-13(11)17/h1-9H,(H,20,22)/b18-9+. The summed E-state index contributed by atoms with van der Waals surface area (Å²) in [5.74, 6) is -0.636. The van der Waals surface area contributed by atoms with Gasteiger partial charge in [0.25, 0.3) is 0 Å². The molecule has 1 aromatic heterocycles. The lowest BCUT2D eigenvalue weighted by Crippen LogP contribution is -1.97. The maximum absolute atomic E-state index is 13.9. The minimum atomic E-state index is -0.446. The first kappa shape index (κ1) is 14.3. The van der Waals surface area contributed by atoms with Crippen molar-refractivity contribution in [3.05, 3.63) is 70.5 Å². The van der Waals surface area contributed by atoms with Crippen LogP contribution >= 0.6 is 12.2 Å². The monoisotopic (exact) mass is 316 g/mol. The molecule has 0 amide bonds. The predicted molar refractivity (Wildman–Crippen MR) is 82.2 cm³/mol. The number of H-pyrrole nitrogens is 1. The first-order chi connectivity index (χ1) is 10.7. The second-order valence-electron chi connectivity index (χ2n) is 4.41. The molecule has 0 saturated heterocycles. The molecule has 0 aliphatic rings. The third kappa shape index (κ3) is 2.71. The lowest BCUT2D eigenvalue weighted by Gasteiger charge is -2.02. The third-order valence-electron chi connectivity index (χ3n) is 2.98. The lowest BCUT2D eigenvalue weighted by molar-refractivity contribution is 0.625. The van der Waals surface area contributed by atoms with Crippen LogP contribution in [0.5, 0.6) is 0 Å². The highest BCUT2D eigenvalue weighted by Crippen LogP contribution is 2.20. The fourth-order valence-corrected chi connectivity index (χ4v) is 2.09. The molecule has 110 valence electrons. The van der Waals surface area contributed by atoms with E-state index in [1.54, 1.807) is 36.4 Å². The van der Waals surface area contributed by atoms with Crippen molar-refractivity contribution in [1.29, 1.82) is 0 Å². The molecule has 7 heteroatoms. The summed E-state index contributed by atoms with van der Waals surface area (Å²) in [6.07, 6.45) is 1.31. The molecule has 1 N–H and O–H groups in total. The Morgan fingerprint density at radius 1 is 1.05 bits per heavy atom. The molecule has 0 aliphatic carbocycles. The Kier molecular flexibility index (Phi) is 3.88. The van der Waals surface area contributed by atoms with E-state index in [4.69, 9.17) is 12.2 Å². The van der Waals surface area contributed by atoms with Crippen LogP contribution in [0.25, 0.3) is 11.4 Å². The molecule has 0 spiro atoms. The van der Waals surface area contributed by atoms with Crippen molar-refractivity contribution >= 4 is 18.4 Å². The number of hydrogen-bond donors (Lipinski definition) is 1. The third-order valence-corrected chi connectivity index (χ3v) is 3.25. The van der Waals surface area contributed by atoms with Gasteiger partial charge in [-0.25, -0.2) is 13.9 Å². The Balaban J connectivity index is 2.06. The van der Waals surface area contributed by atoms with Crippen LogP contribution in [-0.2, 0) is 0 Å². The van der Waals surface area contributed by atoms with Crippen molar-refractivity contribution in [2.45, 2.75) is 0 Å². The number of nitrogens with one attached hydrogen (secondary N) is 1. The van der Waals surface area contributed by atoms with Crippen LogP contribution in [-0.4, -0.2) is 21.1 Å². The molecular weight excluding hydrogens is 306 g/mol. The maximum Gasteiger partial charge on any atom is 0.216 e. The zero-order chi connectivity index (χ0) is 15.5. The van der Waals surface area contributed by atoms with Crippen molar-refractivity contribution in [3.63, 3.8) is 0 Å². The smallest absolute Gasteiger partial charge is 0.216 e. The number of halogens is 2. The molecule has 0 bridgehead atoms. The summed E-state index contributed by atoms with van der Waals surface area (Å²) in [5.41, 5.74) is 0.547. The maximum atomic E-state index is 13.9. The van der Waals surface area contributed by atoms with Gasteiger partial charge in [-0.05, 0) is 30.4 Å². The molecule has 4 nitrogen and oxygen atoms in total. The Morgan fingerprint density at radius 2 is 1.73 bits per heavy atom. The summed E-state index contributed by atoms with van der Waals surface area (Å²) >= 11 is 5.08. The van der Waals surface area contributed by atoms with Gasteiger partial charge in [-0.2, -0.15) is 14.9 Å². The SMILES string of the molecule is Fc1ccccc1/C=N/n1c(-c2ccccc2F)n[nH]c1=S. The molecule has 2 aromatic carbocycles.